The molecular weight excluding hydrogens is 233 g/mol. The molecular formula is C13H12FN3O. The Bertz CT molecular complexity index is 528. The Morgan fingerprint density at radius 2 is 2.22 bits per heavy atom. The molecule has 0 aliphatic heterocycles. The minimum atomic E-state index is -0.787. The summed E-state index contributed by atoms with van der Waals surface area (Å²) in [6, 6.07) is 7.54. The topological polar surface area (TPSA) is 76.7 Å². The van der Waals surface area contributed by atoms with Gasteiger partial charge in [-0.1, -0.05) is 19.4 Å². The van der Waals surface area contributed by atoms with Crippen LogP contribution in [0.5, 0.6) is 0 Å². The smallest absolute Gasteiger partial charge is 0.241 e. The number of halogens is 1. The first kappa shape index (κ1) is 13.7. The van der Waals surface area contributed by atoms with Crippen LogP contribution in [-0.4, -0.2) is 5.91 Å². The fourth-order valence-electron chi connectivity index (χ4n) is 1.50. The van der Waals surface area contributed by atoms with E-state index in [4.69, 9.17) is 10.5 Å². The van der Waals surface area contributed by atoms with Gasteiger partial charge in [0.25, 0.3) is 0 Å². The maximum atomic E-state index is 13.3. The van der Waals surface area contributed by atoms with E-state index in [1.54, 1.807) is 6.07 Å². The zero-order valence-electron chi connectivity index (χ0n) is 9.90. The van der Waals surface area contributed by atoms with Crippen molar-refractivity contribution in [1.82, 2.24) is 0 Å². The van der Waals surface area contributed by atoms with E-state index >= 15 is 0 Å². The Morgan fingerprint density at radius 1 is 1.50 bits per heavy atom. The number of hydrogen-bond acceptors (Lipinski definition) is 3. The molecule has 0 saturated heterocycles. The molecule has 1 atom stereocenters. The van der Waals surface area contributed by atoms with Crippen LogP contribution in [0.3, 0.4) is 0 Å². The van der Waals surface area contributed by atoms with Gasteiger partial charge in [0.1, 0.15) is 23.4 Å². The third kappa shape index (κ3) is 3.05. The summed E-state index contributed by atoms with van der Waals surface area (Å²) < 4.78 is 13.3. The third-order valence-corrected chi connectivity index (χ3v) is 2.43. The number of nitrogens with zero attached hydrogens (tertiary/aromatic N) is 2. The normalized spacial score (nSPS) is 11.1. The summed E-state index contributed by atoms with van der Waals surface area (Å²) in [4.78, 5) is 11.7. The number of anilines is 1. The molecule has 1 unspecified atom stereocenters. The Balaban J connectivity index is 2.93. The lowest BCUT2D eigenvalue weighted by Crippen LogP contribution is -2.22. The van der Waals surface area contributed by atoms with E-state index < -0.39 is 17.6 Å². The number of rotatable bonds is 4. The summed E-state index contributed by atoms with van der Waals surface area (Å²) in [6.45, 7) is 1.86. The van der Waals surface area contributed by atoms with Gasteiger partial charge in [0.05, 0.1) is 11.8 Å². The lowest BCUT2D eigenvalue weighted by atomic mass is 10.0. The molecule has 0 saturated carbocycles. The summed E-state index contributed by atoms with van der Waals surface area (Å²) in [7, 11) is 0. The standard InChI is InChI=1S/C13H12FN3O/c1-2-4-9(7-15)13(18)17-12-6-3-5-11(14)10(12)8-16/h3,5-6,9H,2,4H2,1H3,(H,17,18). The number of carbonyl (C=O) groups excluding carboxylic acids is 1. The summed E-state index contributed by atoms with van der Waals surface area (Å²) in [5.74, 6) is -1.99. The van der Waals surface area contributed by atoms with Crippen molar-refractivity contribution in [1.29, 1.82) is 10.5 Å². The van der Waals surface area contributed by atoms with Crippen molar-refractivity contribution < 1.29 is 9.18 Å². The summed E-state index contributed by atoms with van der Waals surface area (Å²) in [5, 5.41) is 20.1. The molecule has 0 bridgehead atoms. The van der Waals surface area contributed by atoms with Gasteiger partial charge in [-0.15, -0.1) is 0 Å². The van der Waals surface area contributed by atoms with Crippen molar-refractivity contribution >= 4 is 11.6 Å². The monoisotopic (exact) mass is 245 g/mol. The van der Waals surface area contributed by atoms with Crippen molar-refractivity contribution in [3.8, 4) is 12.1 Å². The van der Waals surface area contributed by atoms with E-state index in [0.29, 0.717) is 12.8 Å². The first-order valence-electron chi connectivity index (χ1n) is 5.53. The molecule has 5 heteroatoms. The van der Waals surface area contributed by atoms with Gasteiger partial charge < -0.3 is 5.32 Å². The van der Waals surface area contributed by atoms with Crippen LogP contribution in [0.15, 0.2) is 18.2 Å². The van der Waals surface area contributed by atoms with Gasteiger partial charge in [0.15, 0.2) is 0 Å². The van der Waals surface area contributed by atoms with Crippen LogP contribution < -0.4 is 5.32 Å². The molecule has 1 aromatic rings. The largest absolute Gasteiger partial charge is 0.324 e. The predicted octanol–water partition coefficient (Wildman–Crippen LogP) is 2.58. The highest BCUT2D eigenvalue weighted by molar-refractivity contribution is 5.95. The number of benzene rings is 1. The molecule has 18 heavy (non-hydrogen) atoms. The number of nitriles is 2. The first-order valence-corrected chi connectivity index (χ1v) is 5.53. The molecule has 0 fully saturated rings. The van der Waals surface area contributed by atoms with E-state index in [2.05, 4.69) is 5.32 Å². The van der Waals surface area contributed by atoms with Crippen molar-refractivity contribution in [2.75, 3.05) is 5.32 Å². The second kappa shape index (κ2) is 6.36. The zero-order chi connectivity index (χ0) is 13.5. The van der Waals surface area contributed by atoms with Gasteiger partial charge in [-0.05, 0) is 18.6 Å². The number of amides is 1. The average molecular weight is 245 g/mol. The number of hydrogen-bond donors (Lipinski definition) is 1. The second-order valence-electron chi connectivity index (χ2n) is 3.73. The van der Waals surface area contributed by atoms with Gasteiger partial charge >= 0.3 is 0 Å². The van der Waals surface area contributed by atoms with Crippen molar-refractivity contribution in [2.45, 2.75) is 19.8 Å². The van der Waals surface area contributed by atoms with Gasteiger partial charge in [-0.25, -0.2) is 4.39 Å². The molecule has 0 aromatic heterocycles. The maximum Gasteiger partial charge on any atom is 0.241 e. The highest BCUT2D eigenvalue weighted by Gasteiger charge is 2.18. The van der Waals surface area contributed by atoms with E-state index in [0.717, 1.165) is 6.07 Å². The fourth-order valence-corrected chi connectivity index (χ4v) is 1.50. The van der Waals surface area contributed by atoms with E-state index in [-0.39, 0.29) is 11.3 Å². The molecule has 0 heterocycles. The molecule has 92 valence electrons. The van der Waals surface area contributed by atoms with Crippen molar-refractivity contribution in [3.05, 3.63) is 29.6 Å². The second-order valence-corrected chi connectivity index (χ2v) is 3.73. The summed E-state index contributed by atoms with van der Waals surface area (Å²) >= 11 is 0. The van der Waals surface area contributed by atoms with Gasteiger partial charge in [-0.2, -0.15) is 10.5 Å². The zero-order valence-corrected chi connectivity index (χ0v) is 9.90. The summed E-state index contributed by atoms with van der Waals surface area (Å²) in [5.41, 5.74) is -0.127. The molecule has 4 nitrogen and oxygen atoms in total. The maximum absolute atomic E-state index is 13.3. The SMILES string of the molecule is CCCC(C#N)C(=O)Nc1cccc(F)c1C#N. The van der Waals surface area contributed by atoms with Crippen LogP contribution in [0.1, 0.15) is 25.3 Å². The van der Waals surface area contributed by atoms with Crippen LogP contribution in [0, 0.1) is 34.4 Å². The van der Waals surface area contributed by atoms with Gasteiger partial charge in [-0.3, -0.25) is 4.79 Å². The minimum absolute atomic E-state index is 0.0962. The Hall–Kier alpha value is -2.40. The van der Waals surface area contributed by atoms with Gasteiger partial charge in [0, 0.05) is 0 Å². The fraction of sp³-hybridized carbons (Fsp3) is 0.308. The van der Waals surface area contributed by atoms with Crippen LogP contribution in [0.2, 0.25) is 0 Å². The van der Waals surface area contributed by atoms with E-state index in [1.807, 2.05) is 13.0 Å². The van der Waals surface area contributed by atoms with Crippen LogP contribution in [0.4, 0.5) is 10.1 Å². The predicted molar refractivity (Wildman–Crippen MR) is 63.8 cm³/mol. The molecule has 1 N–H and O–H groups in total. The lowest BCUT2D eigenvalue weighted by Gasteiger charge is -2.10. The number of nitrogens with one attached hydrogen (secondary N) is 1. The lowest BCUT2D eigenvalue weighted by molar-refractivity contribution is -0.118. The Morgan fingerprint density at radius 3 is 2.78 bits per heavy atom. The average Bonchev–Trinajstić information content (AvgIpc) is 2.36. The van der Waals surface area contributed by atoms with Crippen LogP contribution >= 0.6 is 0 Å². The molecule has 1 rings (SSSR count). The molecule has 0 aliphatic carbocycles. The first-order chi connectivity index (χ1) is 8.63. The van der Waals surface area contributed by atoms with Gasteiger partial charge in [0.2, 0.25) is 5.91 Å². The molecule has 1 aromatic carbocycles. The quantitative estimate of drug-likeness (QED) is 0.885. The highest BCUT2D eigenvalue weighted by atomic mass is 19.1. The van der Waals surface area contributed by atoms with E-state index in [1.165, 1.54) is 12.1 Å². The summed E-state index contributed by atoms with van der Waals surface area (Å²) in [6.07, 6.45) is 1.12. The Labute approximate surface area is 105 Å². The van der Waals surface area contributed by atoms with Crippen molar-refractivity contribution in [3.63, 3.8) is 0 Å². The third-order valence-electron chi connectivity index (χ3n) is 2.43. The number of carbonyl (C=O) groups is 1. The molecule has 0 radical (unpaired) electrons. The Kier molecular flexibility index (Phi) is 4.83. The molecule has 0 spiro atoms. The minimum Gasteiger partial charge on any atom is -0.324 e. The molecule has 0 aliphatic rings. The van der Waals surface area contributed by atoms with Crippen LogP contribution in [0.25, 0.3) is 0 Å². The van der Waals surface area contributed by atoms with Crippen LogP contribution in [-0.2, 0) is 4.79 Å². The molecule has 1 amide bonds. The van der Waals surface area contributed by atoms with E-state index in [9.17, 15) is 9.18 Å². The van der Waals surface area contributed by atoms with Crippen molar-refractivity contribution in [2.24, 2.45) is 5.92 Å². The highest BCUT2D eigenvalue weighted by Crippen LogP contribution is 2.19.